The minimum atomic E-state index is -0.450. The first-order valence-electron chi connectivity index (χ1n) is 5.24. The monoisotopic (exact) mass is 251 g/mol. The van der Waals surface area contributed by atoms with Gasteiger partial charge in [-0.2, -0.15) is 0 Å². The second-order valence-corrected chi connectivity index (χ2v) is 3.98. The van der Waals surface area contributed by atoms with Gasteiger partial charge in [0.05, 0.1) is 0 Å². The summed E-state index contributed by atoms with van der Waals surface area (Å²) in [5.41, 5.74) is 1.11. The molecule has 0 N–H and O–H groups in total. The van der Waals surface area contributed by atoms with Crippen LogP contribution in [0.3, 0.4) is 0 Å². The van der Waals surface area contributed by atoms with Gasteiger partial charge in [0.25, 0.3) is 0 Å². The van der Waals surface area contributed by atoms with Gasteiger partial charge in [-0.25, -0.2) is 8.78 Å². The first kappa shape index (κ1) is 12.1. The van der Waals surface area contributed by atoms with E-state index in [9.17, 15) is 8.78 Å². The average Bonchev–Trinajstić information content (AvgIpc) is 2.31. The molecule has 0 aliphatic carbocycles. The molecule has 0 bridgehead atoms. The van der Waals surface area contributed by atoms with Gasteiger partial charge in [0.15, 0.2) is 0 Å². The topological polar surface area (TPSA) is 0 Å². The molecule has 0 saturated carbocycles. The van der Waals surface area contributed by atoms with Gasteiger partial charge in [-0.1, -0.05) is 24.3 Å². The van der Waals surface area contributed by atoms with Crippen LogP contribution in [0.2, 0.25) is 0 Å². The lowest BCUT2D eigenvalue weighted by Crippen LogP contribution is -1.97. The summed E-state index contributed by atoms with van der Waals surface area (Å²) < 4.78 is 27.5. The number of aryl methyl sites for hydroxylation is 1. The normalized spacial score (nSPS) is 10.5. The van der Waals surface area contributed by atoms with Gasteiger partial charge in [0.2, 0.25) is 0 Å². The lowest BCUT2D eigenvalue weighted by atomic mass is 9.97. The Kier molecular flexibility index (Phi) is 3.75. The van der Waals surface area contributed by atoms with Gasteiger partial charge < -0.3 is 0 Å². The highest BCUT2D eigenvalue weighted by Crippen LogP contribution is 2.29. The number of hydrogen-bond acceptors (Lipinski definition) is 0. The summed E-state index contributed by atoms with van der Waals surface area (Å²) >= 11 is 5.65. The SMILES string of the molecule is Fc1ccccc1-c1c(CCCl)[c]ccc1F. The van der Waals surface area contributed by atoms with Crippen molar-refractivity contribution in [3.63, 3.8) is 0 Å². The summed E-state index contributed by atoms with van der Waals surface area (Å²) in [6, 6.07) is 11.8. The molecular weight excluding hydrogens is 242 g/mol. The number of alkyl halides is 1. The van der Waals surface area contributed by atoms with Crippen molar-refractivity contribution in [1.29, 1.82) is 0 Å². The molecule has 2 aromatic carbocycles. The molecule has 87 valence electrons. The van der Waals surface area contributed by atoms with E-state index in [2.05, 4.69) is 6.07 Å². The summed E-state index contributed by atoms with van der Waals surface area (Å²) in [6.07, 6.45) is 0.461. The zero-order valence-electron chi connectivity index (χ0n) is 9.01. The largest absolute Gasteiger partial charge is 0.206 e. The van der Waals surface area contributed by atoms with Crippen LogP contribution in [0.5, 0.6) is 0 Å². The van der Waals surface area contributed by atoms with Crippen LogP contribution in [0.25, 0.3) is 11.1 Å². The Morgan fingerprint density at radius 3 is 2.53 bits per heavy atom. The van der Waals surface area contributed by atoms with Crippen molar-refractivity contribution in [3.05, 3.63) is 59.7 Å². The van der Waals surface area contributed by atoms with E-state index in [0.29, 0.717) is 17.9 Å². The van der Waals surface area contributed by atoms with Crippen LogP contribution in [0.15, 0.2) is 36.4 Å². The van der Waals surface area contributed by atoms with Gasteiger partial charge in [0.1, 0.15) is 11.6 Å². The molecule has 17 heavy (non-hydrogen) atoms. The fourth-order valence-electron chi connectivity index (χ4n) is 1.76. The Morgan fingerprint density at radius 1 is 1.06 bits per heavy atom. The Morgan fingerprint density at radius 2 is 1.82 bits per heavy atom. The van der Waals surface area contributed by atoms with Gasteiger partial charge in [-0.15, -0.1) is 11.6 Å². The molecule has 2 aromatic rings. The van der Waals surface area contributed by atoms with Crippen molar-refractivity contribution in [2.75, 3.05) is 5.88 Å². The average molecular weight is 252 g/mol. The van der Waals surface area contributed by atoms with Crippen molar-refractivity contribution in [1.82, 2.24) is 0 Å². The van der Waals surface area contributed by atoms with E-state index in [1.165, 1.54) is 18.2 Å². The molecule has 0 spiro atoms. The number of rotatable bonds is 3. The lowest BCUT2D eigenvalue weighted by molar-refractivity contribution is 0.615. The molecule has 0 aromatic heterocycles. The standard InChI is InChI=1S/C14H10ClF2/c15-9-8-10-4-3-7-13(17)14(10)11-5-1-2-6-12(11)16/h1-3,5-7H,8-9H2. The van der Waals surface area contributed by atoms with E-state index in [0.717, 1.165) is 0 Å². The highest BCUT2D eigenvalue weighted by molar-refractivity contribution is 6.18. The van der Waals surface area contributed by atoms with Crippen LogP contribution in [0.1, 0.15) is 5.56 Å². The summed E-state index contributed by atoms with van der Waals surface area (Å²) in [5.74, 6) is -0.544. The molecule has 1 radical (unpaired) electrons. The molecule has 0 heterocycles. The molecule has 0 unspecified atom stereocenters. The van der Waals surface area contributed by atoms with Crippen molar-refractivity contribution in [2.45, 2.75) is 6.42 Å². The number of benzene rings is 2. The van der Waals surface area contributed by atoms with Crippen LogP contribution in [0.4, 0.5) is 8.78 Å². The quantitative estimate of drug-likeness (QED) is 0.717. The molecular formula is C14H10ClF2. The fraction of sp³-hybridized carbons (Fsp3) is 0.143. The predicted octanol–water partition coefficient (Wildman–Crippen LogP) is 4.21. The van der Waals surface area contributed by atoms with Crippen LogP contribution in [-0.4, -0.2) is 5.88 Å². The Labute approximate surface area is 104 Å². The second-order valence-electron chi connectivity index (χ2n) is 3.60. The minimum absolute atomic E-state index is 0.252. The third-order valence-corrected chi connectivity index (χ3v) is 2.70. The Hall–Kier alpha value is -1.41. The van der Waals surface area contributed by atoms with Crippen LogP contribution >= 0.6 is 11.6 Å². The maximum atomic E-state index is 13.8. The summed E-state index contributed by atoms with van der Waals surface area (Å²) in [6.45, 7) is 0. The molecule has 0 aliphatic rings. The summed E-state index contributed by atoms with van der Waals surface area (Å²) in [7, 11) is 0. The number of hydrogen-bond donors (Lipinski definition) is 0. The van der Waals surface area contributed by atoms with Gasteiger partial charge in [-0.3, -0.25) is 0 Å². The first-order chi connectivity index (χ1) is 8.24. The zero-order chi connectivity index (χ0) is 12.3. The van der Waals surface area contributed by atoms with Crippen LogP contribution in [-0.2, 0) is 6.42 Å². The molecule has 0 amide bonds. The minimum Gasteiger partial charge on any atom is -0.206 e. The summed E-state index contributed by atoms with van der Waals surface area (Å²) in [5, 5.41) is 0. The van der Waals surface area contributed by atoms with Crippen LogP contribution < -0.4 is 0 Å². The molecule has 0 fully saturated rings. The molecule has 2 rings (SSSR count). The Bertz CT molecular complexity index is 523. The highest BCUT2D eigenvalue weighted by Gasteiger charge is 2.13. The van der Waals surface area contributed by atoms with Crippen LogP contribution in [0, 0.1) is 17.7 Å². The van der Waals surface area contributed by atoms with E-state index in [-0.39, 0.29) is 11.1 Å². The first-order valence-corrected chi connectivity index (χ1v) is 5.77. The van der Waals surface area contributed by atoms with Crippen molar-refractivity contribution >= 4 is 11.6 Å². The van der Waals surface area contributed by atoms with E-state index < -0.39 is 11.6 Å². The molecule has 3 heteroatoms. The Balaban J connectivity index is 2.61. The predicted molar refractivity (Wildman–Crippen MR) is 65.1 cm³/mol. The molecule has 0 saturated heterocycles. The maximum Gasteiger partial charge on any atom is 0.131 e. The fourth-order valence-corrected chi connectivity index (χ4v) is 1.95. The van der Waals surface area contributed by atoms with Gasteiger partial charge >= 0.3 is 0 Å². The van der Waals surface area contributed by atoms with E-state index >= 15 is 0 Å². The third kappa shape index (κ3) is 2.47. The zero-order valence-corrected chi connectivity index (χ0v) is 9.77. The van der Waals surface area contributed by atoms with Crippen molar-refractivity contribution < 1.29 is 8.78 Å². The molecule has 0 atom stereocenters. The van der Waals surface area contributed by atoms with E-state index in [1.807, 2.05) is 0 Å². The van der Waals surface area contributed by atoms with E-state index in [4.69, 9.17) is 11.6 Å². The third-order valence-electron chi connectivity index (χ3n) is 2.52. The van der Waals surface area contributed by atoms with E-state index in [1.54, 1.807) is 18.2 Å². The lowest BCUT2D eigenvalue weighted by Gasteiger charge is -2.10. The summed E-state index contributed by atoms with van der Waals surface area (Å²) in [4.78, 5) is 0. The van der Waals surface area contributed by atoms with Crippen molar-refractivity contribution in [2.24, 2.45) is 0 Å². The molecule has 0 nitrogen and oxygen atoms in total. The number of halogens is 3. The van der Waals surface area contributed by atoms with Gasteiger partial charge in [-0.05, 0) is 30.2 Å². The highest BCUT2D eigenvalue weighted by atomic mass is 35.5. The van der Waals surface area contributed by atoms with Gasteiger partial charge in [0, 0.05) is 17.0 Å². The second kappa shape index (κ2) is 5.28. The molecule has 0 aliphatic heterocycles. The maximum absolute atomic E-state index is 13.8. The van der Waals surface area contributed by atoms with Crippen molar-refractivity contribution in [3.8, 4) is 11.1 Å². The smallest absolute Gasteiger partial charge is 0.131 e.